The summed E-state index contributed by atoms with van der Waals surface area (Å²) in [6, 6.07) is 17.5. The van der Waals surface area contributed by atoms with Gasteiger partial charge in [0.25, 0.3) is 0 Å². The number of nitrogens with zero attached hydrogens (tertiary/aromatic N) is 1. The summed E-state index contributed by atoms with van der Waals surface area (Å²) in [6.07, 6.45) is 9.65. The molecule has 0 aliphatic rings. The number of hydrogen-bond donors (Lipinski definition) is 0. The van der Waals surface area contributed by atoms with Crippen LogP contribution in [0.1, 0.15) is 58.3 Å². The van der Waals surface area contributed by atoms with E-state index in [9.17, 15) is 4.79 Å². The summed E-state index contributed by atoms with van der Waals surface area (Å²) in [5.41, 5.74) is 3.17. The number of aryl methyl sites for hydroxylation is 1. The Morgan fingerprint density at radius 2 is 1.28 bits per heavy atom. The van der Waals surface area contributed by atoms with Crippen LogP contribution in [0.25, 0.3) is 21.8 Å². The van der Waals surface area contributed by atoms with Crippen molar-refractivity contribution in [2.75, 3.05) is 6.61 Å². The number of unbranched alkanes of at least 4 members (excludes halogenated alkanes) is 7. The predicted octanol–water partition coefficient (Wildman–Crippen LogP) is 7.03. The maximum Gasteiger partial charge on any atom is 0.333 e. The maximum atomic E-state index is 11.3. The van der Waals surface area contributed by atoms with Crippen molar-refractivity contribution < 1.29 is 9.53 Å². The number of rotatable bonds is 12. The Kier molecular flexibility index (Phi) is 7.92. The van der Waals surface area contributed by atoms with Crippen LogP contribution < -0.4 is 0 Å². The standard InChI is InChI=1S/C26H33NO2/c1-21(2)26(28)29-20-14-8-6-4-3-5-7-13-19-27-24-17-11-9-15-22(24)23-16-10-12-18-25(23)27/h9-12,15-18H,1,3-8,13-14,19-20H2,2H3. The zero-order chi connectivity index (χ0) is 20.5. The molecule has 154 valence electrons. The number of carbonyl (C=O) groups excluding carboxylic acids is 1. The monoisotopic (exact) mass is 391 g/mol. The van der Waals surface area contributed by atoms with Gasteiger partial charge in [-0.25, -0.2) is 4.79 Å². The molecule has 0 N–H and O–H groups in total. The van der Waals surface area contributed by atoms with Crippen molar-refractivity contribution in [1.29, 1.82) is 0 Å². The van der Waals surface area contributed by atoms with Crippen LogP contribution in [0.5, 0.6) is 0 Å². The normalized spacial score (nSPS) is 11.2. The number of benzene rings is 2. The third kappa shape index (κ3) is 5.72. The second kappa shape index (κ2) is 10.8. The van der Waals surface area contributed by atoms with Crippen molar-refractivity contribution in [1.82, 2.24) is 4.57 Å². The second-order valence-corrected chi connectivity index (χ2v) is 7.93. The number of fused-ring (bicyclic) bond motifs is 3. The summed E-state index contributed by atoms with van der Waals surface area (Å²) in [4.78, 5) is 11.3. The van der Waals surface area contributed by atoms with Crippen molar-refractivity contribution >= 4 is 27.8 Å². The first kappa shape index (κ1) is 21.2. The van der Waals surface area contributed by atoms with Crippen LogP contribution in [0.15, 0.2) is 60.7 Å². The average molecular weight is 392 g/mol. The fourth-order valence-electron chi connectivity index (χ4n) is 3.96. The molecule has 1 aromatic heterocycles. The Morgan fingerprint density at radius 1 is 0.793 bits per heavy atom. The molecular weight excluding hydrogens is 358 g/mol. The van der Waals surface area contributed by atoms with Crippen LogP contribution in [0.3, 0.4) is 0 Å². The summed E-state index contributed by atoms with van der Waals surface area (Å²) in [5, 5.41) is 2.72. The van der Waals surface area contributed by atoms with Crippen LogP contribution >= 0.6 is 0 Å². The molecular formula is C26H33NO2. The molecule has 0 unspecified atom stereocenters. The van der Waals surface area contributed by atoms with E-state index in [1.807, 2.05) is 0 Å². The van der Waals surface area contributed by atoms with Crippen LogP contribution in [-0.4, -0.2) is 17.1 Å². The molecule has 0 saturated heterocycles. The molecule has 0 spiro atoms. The molecule has 0 bridgehead atoms. The highest BCUT2D eigenvalue weighted by Crippen LogP contribution is 2.29. The molecule has 0 aliphatic carbocycles. The van der Waals surface area contributed by atoms with Gasteiger partial charge >= 0.3 is 5.97 Å². The first-order chi connectivity index (χ1) is 14.2. The minimum atomic E-state index is -0.270. The van der Waals surface area contributed by atoms with Gasteiger partial charge in [-0.2, -0.15) is 0 Å². The lowest BCUT2D eigenvalue weighted by atomic mass is 10.1. The summed E-state index contributed by atoms with van der Waals surface area (Å²) in [5.74, 6) is -0.270. The van der Waals surface area contributed by atoms with Crippen LogP contribution in [0.4, 0.5) is 0 Å². The molecule has 3 aromatic rings. The van der Waals surface area contributed by atoms with Crippen molar-refractivity contribution in [3.05, 3.63) is 60.7 Å². The first-order valence-electron chi connectivity index (χ1n) is 11.0. The lowest BCUT2D eigenvalue weighted by Crippen LogP contribution is -2.05. The van der Waals surface area contributed by atoms with Gasteiger partial charge in [-0.15, -0.1) is 0 Å². The van der Waals surface area contributed by atoms with E-state index in [0.29, 0.717) is 12.2 Å². The van der Waals surface area contributed by atoms with E-state index in [-0.39, 0.29) is 5.97 Å². The van der Waals surface area contributed by atoms with Crippen molar-refractivity contribution in [2.45, 2.75) is 64.8 Å². The van der Waals surface area contributed by atoms with Gasteiger partial charge in [-0.1, -0.05) is 81.5 Å². The topological polar surface area (TPSA) is 31.2 Å². The summed E-state index contributed by atoms with van der Waals surface area (Å²) >= 11 is 0. The molecule has 0 saturated carbocycles. The summed E-state index contributed by atoms with van der Waals surface area (Å²) in [7, 11) is 0. The van der Waals surface area contributed by atoms with E-state index in [1.54, 1.807) is 6.92 Å². The van der Waals surface area contributed by atoms with Gasteiger partial charge in [0, 0.05) is 33.9 Å². The van der Waals surface area contributed by atoms with E-state index < -0.39 is 0 Å². The largest absolute Gasteiger partial charge is 0.462 e. The molecule has 0 fully saturated rings. The number of aromatic nitrogens is 1. The zero-order valence-corrected chi connectivity index (χ0v) is 17.7. The van der Waals surface area contributed by atoms with Gasteiger partial charge in [0.05, 0.1) is 6.61 Å². The quantitative estimate of drug-likeness (QED) is 0.188. The molecule has 0 aliphatic heterocycles. The zero-order valence-electron chi connectivity index (χ0n) is 17.7. The van der Waals surface area contributed by atoms with Crippen LogP contribution in [0, 0.1) is 0 Å². The smallest absolute Gasteiger partial charge is 0.333 e. The number of esters is 1. The Hall–Kier alpha value is -2.55. The molecule has 3 nitrogen and oxygen atoms in total. The second-order valence-electron chi connectivity index (χ2n) is 7.93. The van der Waals surface area contributed by atoms with E-state index in [2.05, 4.69) is 59.7 Å². The van der Waals surface area contributed by atoms with Crippen LogP contribution in [-0.2, 0) is 16.1 Å². The fraction of sp³-hybridized carbons (Fsp3) is 0.423. The molecule has 29 heavy (non-hydrogen) atoms. The third-order valence-corrected chi connectivity index (χ3v) is 5.54. The Labute approximate surface area is 174 Å². The van der Waals surface area contributed by atoms with Crippen molar-refractivity contribution in [3.8, 4) is 0 Å². The SMILES string of the molecule is C=C(C)C(=O)OCCCCCCCCCCn1c2ccccc2c2ccccc21. The highest BCUT2D eigenvalue weighted by atomic mass is 16.5. The Bertz CT molecular complexity index is 900. The van der Waals surface area contributed by atoms with Gasteiger partial charge in [0.1, 0.15) is 0 Å². The van der Waals surface area contributed by atoms with Gasteiger partial charge < -0.3 is 9.30 Å². The predicted molar refractivity (Wildman–Crippen MR) is 122 cm³/mol. The summed E-state index contributed by atoms with van der Waals surface area (Å²) in [6.45, 7) is 6.88. The molecule has 0 amide bonds. The van der Waals surface area contributed by atoms with E-state index in [1.165, 1.54) is 60.3 Å². The fourth-order valence-corrected chi connectivity index (χ4v) is 3.96. The lowest BCUT2D eigenvalue weighted by molar-refractivity contribution is -0.139. The number of ether oxygens (including phenoxy) is 1. The minimum Gasteiger partial charge on any atom is -0.462 e. The third-order valence-electron chi connectivity index (χ3n) is 5.54. The van der Waals surface area contributed by atoms with E-state index in [4.69, 9.17) is 4.74 Å². The number of carbonyl (C=O) groups is 1. The molecule has 0 radical (unpaired) electrons. The van der Waals surface area contributed by atoms with Gasteiger partial charge in [-0.05, 0) is 31.9 Å². The van der Waals surface area contributed by atoms with E-state index in [0.717, 1.165) is 19.4 Å². The molecule has 0 atom stereocenters. The molecule has 3 heteroatoms. The van der Waals surface area contributed by atoms with Gasteiger partial charge in [0.15, 0.2) is 0 Å². The molecule has 3 rings (SSSR count). The first-order valence-corrected chi connectivity index (χ1v) is 11.0. The van der Waals surface area contributed by atoms with Gasteiger partial charge in [-0.3, -0.25) is 0 Å². The van der Waals surface area contributed by atoms with Crippen LogP contribution in [0.2, 0.25) is 0 Å². The molecule has 1 heterocycles. The maximum absolute atomic E-state index is 11.3. The average Bonchev–Trinajstić information content (AvgIpc) is 3.05. The summed E-state index contributed by atoms with van der Waals surface area (Å²) < 4.78 is 7.60. The Balaban J connectivity index is 1.32. The minimum absolute atomic E-state index is 0.270. The highest BCUT2D eigenvalue weighted by Gasteiger charge is 2.08. The molecule has 2 aromatic carbocycles. The lowest BCUT2D eigenvalue weighted by Gasteiger charge is -2.08. The van der Waals surface area contributed by atoms with Crippen molar-refractivity contribution in [3.63, 3.8) is 0 Å². The van der Waals surface area contributed by atoms with Gasteiger partial charge in [0.2, 0.25) is 0 Å². The number of hydrogen-bond acceptors (Lipinski definition) is 2. The number of para-hydroxylation sites is 2. The van der Waals surface area contributed by atoms with E-state index >= 15 is 0 Å². The Morgan fingerprint density at radius 3 is 1.83 bits per heavy atom. The highest BCUT2D eigenvalue weighted by molar-refractivity contribution is 6.07. The van der Waals surface area contributed by atoms with Crippen molar-refractivity contribution in [2.24, 2.45) is 0 Å².